The summed E-state index contributed by atoms with van der Waals surface area (Å²) in [6.07, 6.45) is 3.16. The van der Waals surface area contributed by atoms with Crippen LogP contribution in [0.2, 0.25) is 0 Å². The van der Waals surface area contributed by atoms with Gasteiger partial charge in [0.2, 0.25) is 5.56 Å². The van der Waals surface area contributed by atoms with Crippen LogP contribution in [0.5, 0.6) is 5.75 Å². The fourth-order valence-corrected chi connectivity index (χ4v) is 7.53. The Hall–Kier alpha value is -5.43. The van der Waals surface area contributed by atoms with Crippen molar-refractivity contribution in [1.29, 1.82) is 0 Å². The summed E-state index contributed by atoms with van der Waals surface area (Å²) in [6.45, 7) is 4.67. The van der Waals surface area contributed by atoms with Gasteiger partial charge in [-0.3, -0.25) is 14.9 Å². The van der Waals surface area contributed by atoms with Crippen LogP contribution in [0.4, 0.5) is 10.5 Å². The Kier molecular flexibility index (Phi) is 11.7. The second-order valence-electron chi connectivity index (χ2n) is 14.2. The zero-order valence-corrected chi connectivity index (χ0v) is 30.2. The van der Waals surface area contributed by atoms with Gasteiger partial charge < -0.3 is 39.5 Å². The van der Waals surface area contributed by atoms with Gasteiger partial charge in [-0.25, -0.2) is 4.79 Å². The van der Waals surface area contributed by atoms with E-state index < -0.39 is 12.2 Å². The molecule has 54 heavy (non-hydrogen) atoms. The van der Waals surface area contributed by atoms with Crippen LogP contribution in [-0.4, -0.2) is 82.4 Å². The normalized spacial score (nSPS) is 16.4. The molecule has 3 aromatic carbocycles. The summed E-state index contributed by atoms with van der Waals surface area (Å²) < 4.78 is 11.7. The van der Waals surface area contributed by atoms with Gasteiger partial charge in [-0.1, -0.05) is 54.6 Å². The van der Waals surface area contributed by atoms with Crippen molar-refractivity contribution in [3.8, 4) is 16.9 Å². The largest absolute Gasteiger partial charge is 0.506 e. The topological polar surface area (TPSA) is 160 Å². The second kappa shape index (κ2) is 17.1. The highest BCUT2D eigenvalue weighted by Crippen LogP contribution is 2.30. The predicted molar refractivity (Wildman–Crippen MR) is 206 cm³/mol. The number of nitrogens with one attached hydrogen (secondary N) is 3. The fraction of sp³-hybridized carbons (Fsp3) is 0.357. The van der Waals surface area contributed by atoms with Crippen molar-refractivity contribution in [2.24, 2.45) is 5.92 Å². The van der Waals surface area contributed by atoms with Gasteiger partial charge >= 0.3 is 6.09 Å². The van der Waals surface area contributed by atoms with Gasteiger partial charge in [0.05, 0.1) is 23.9 Å². The van der Waals surface area contributed by atoms with Crippen molar-refractivity contribution in [2.45, 2.75) is 50.9 Å². The van der Waals surface area contributed by atoms with Gasteiger partial charge in [0.25, 0.3) is 5.91 Å². The van der Waals surface area contributed by atoms with E-state index >= 15 is 0 Å². The number of fused-ring (bicyclic) bond motifs is 1. The van der Waals surface area contributed by atoms with Crippen LogP contribution in [0.15, 0.2) is 100 Å². The SMILES string of the molecule is O=C(Nc1ccccc1-c1ccccc1)OC1CCN(CCC2CCN(C(=O)c3ccc(CNC[C@@H](O)c4ccc(O)c5[nH]c(=O)ccc45)o3)CC2)CC1. The summed E-state index contributed by atoms with van der Waals surface area (Å²) in [7, 11) is 0. The number of likely N-dealkylation sites (tertiary alicyclic amines) is 2. The Morgan fingerprint density at radius 1 is 0.889 bits per heavy atom. The van der Waals surface area contributed by atoms with Crippen molar-refractivity contribution in [2.75, 3.05) is 44.6 Å². The molecule has 12 nitrogen and oxygen atoms in total. The van der Waals surface area contributed by atoms with Gasteiger partial charge in [0.15, 0.2) is 5.76 Å². The van der Waals surface area contributed by atoms with Crippen LogP contribution in [0.25, 0.3) is 22.0 Å². The lowest BCUT2D eigenvalue weighted by molar-refractivity contribution is 0.0542. The molecule has 2 aliphatic heterocycles. The van der Waals surface area contributed by atoms with Crippen LogP contribution in [0, 0.1) is 5.92 Å². The minimum absolute atomic E-state index is 0.0619. The summed E-state index contributed by atoms with van der Waals surface area (Å²) >= 11 is 0. The van der Waals surface area contributed by atoms with E-state index in [4.69, 9.17) is 9.15 Å². The molecule has 0 spiro atoms. The number of aromatic nitrogens is 1. The first kappa shape index (κ1) is 36.9. The first-order chi connectivity index (χ1) is 26.3. The number of nitrogens with zero attached hydrogens (tertiary/aromatic N) is 2. The number of para-hydroxylation sites is 1. The molecule has 4 heterocycles. The number of H-pyrrole nitrogens is 1. The van der Waals surface area contributed by atoms with Crippen LogP contribution in [-0.2, 0) is 11.3 Å². The highest BCUT2D eigenvalue weighted by molar-refractivity contribution is 5.92. The minimum atomic E-state index is -0.898. The molecule has 0 unspecified atom stereocenters. The van der Waals surface area contributed by atoms with Gasteiger partial charge in [0, 0.05) is 49.7 Å². The Morgan fingerprint density at radius 3 is 2.44 bits per heavy atom. The number of pyridine rings is 1. The average molecular weight is 734 g/mol. The number of amides is 2. The summed E-state index contributed by atoms with van der Waals surface area (Å²) in [5.41, 5.74) is 3.24. The van der Waals surface area contributed by atoms with Crippen LogP contribution in [0.3, 0.4) is 0 Å². The maximum absolute atomic E-state index is 13.2. The lowest BCUT2D eigenvalue weighted by atomic mass is 9.93. The summed E-state index contributed by atoms with van der Waals surface area (Å²) in [6, 6.07) is 27.2. The number of piperidine rings is 2. The predicted octanol–water partition coefficient (Wildman–Crippen LogP) is 6.27. The highest BCUT2D eigenvalue weighted by Gasteiger charge is 2.27. The number of aromatic amines is 1. The fourth-order valence-electron chi connectivity index (χ4n) is 7.53. The number of benzene rings is 3. The minimum Gasteiger partial charge on any atom is -0.506 e. The number of carbonyl (C=O) groups excluding carboxylic acids is 2. The van der Waals surface area contributed by atoms with Crippen molar-refractivity contribution in [1.82, 2.24) is 20.1 Å². The standard InChI is InChI=1S/C42H47N5O7/c48-36-13-11-33(34-12-15-39(50)45-40(34)36)37(49)27-43-26-31-10-14-38(53-31)41(51)47-24-17-28(18-25-47)16-21-46-22-19-30(20-23-46)54-42(52)44-35-9-5-4-8-32(35)29-6-2-1-3-7-29/h1-15,28,30,37,43,48-49H,16-27H2,(H,44,52)(H,45,50)/t37-/m1/s1. The zero-order valence-electron chi connectivity index (χ0n) is 30.2. The molecule has 7 rings (SSSR count). The molecular weight excluding hydrogens is 686 g/mol. The summed E-state index contributed by atoms with van der Waals surface area (Å²) in [4.78, 5) is 44.7. The Labute approximate surface area is 313 Å². The first-order valence-electron chi connectivity index (χ1n) is 18.8. The second-order valence-corrected chi connectivity index (χ2v) is 14.2. The molecule has 1 atom stereocenters. The van der Waals surface area contributed by atoms with Gasteiger partial charge in [-0.05, 0) is 86.0 Å². The number of rotatable bonds is 12. The number of phenols is 1. The van der Waals surface area contributed by atoms with E-state index in [1.54, 1.807) is 24.3 Å². The van der Waals surface area contributed by atoms with E-state index in [1.165, 1.54) is 12.1 Å². The third-order valence-corrected chi connectivity index (χ3v) is 10.6. The number of carbonyl (C=O) groups is 2. The van der Waals surface area contributed by atoms with Gasteiger partial charge in [0.1, 0.15) is 17.6 Å². The molecule has 12 heteroatoms. The maximum atomic E-state index is 13.2. The third kappa shape index (κ3) is 9.02. The first-order valence-corrected chi connectivity index (χ1v) is 18.8. The lowest BCUT2D eigenvalue weighted by Crippen LogP contribution is -2.41. The van der Waals surface area contributed by atoms with Crippen molar-refractivity contribution < 1.29 is 29.0 Å². The average Bonchev–Trinajstić information content (AvgIpc) is 3.67. The van der Waals surface area contributed by atoms with E-state index in [2.05, 4.69) is 20.5 Å². The Morgan fingerprint density at radius 2 is 1.65 bits per heavy atom. The van der Waals surface area contributed by atoms with Crippen molar-refractivity contribution in [3.05, 3.63) is 118 Å². The van der Waals surface area contributed by atoms with Crippen LogP contribution in [0.1, 0.15) is 60.1 Å². The van der Waals surface area contributed by atoms with E-state index in [0.717, 1.165) is 68.6 Å². The molecule has 2 amide bonds. The zero-order chi connectivity index (χ0) is 37.4. The van der Waals surface area contributed by atoms with E-state index in [0.29, 0.717) is 48.0 Å². The Bertz CT molecular complexity index is 2100. The Balaban J connectivity index is 0.792. The number of aromatic hydroxyl groups is 1. The van der Waals surface area contributed by atoms with Crippen LogP contribution < -0.4 is 16.2 Å². The molecule has 2 aliphatic rings. The lowest BCUT2D eigenvalue weighted by Gasteiger charge is -2.35. The van der Waals surface area contributed by atoms with Gasteiger partial charge in [-0.2, -0.15) is 0 Å². The van der Waals surface area contributed by atoms with Crippen molar-refractivity contribution in [3.63, 3.8) is 0 Å². The van der Waals surface area contributed by atoms with E-state index in [9.17, 15) is 24.6 Å². The third-order valence-electron chi connectivity index (χ3n) is 10.6. The molecular formula is C42H47N5O7. The van der Waals surface area contributed by atoms with E-state index in [1.807, 2.05) is 59.5 Å². The summed E-state index contributed by atoms with van der Waals surface area (Å²) in [5.74, 6) is 1.27. The molecule has 0 aliphatic carbocycles. The monoisotopic (exact) mass is 733 g/mol. The number of phenolic OH excluding ortho intramolecular Hbond substituents is 1. The molecule has 5 N–H and O–H groups in total. The number of aliphatic hydroxyl groups excluding tert-OH is 1. The number of aliphatic hydroxyl groups is 1. The quantitative estimate of drug-likeness (QED) is 0.0996. The molecule has 2 saturated heterocycles. The summed E-state index contributed by atoms with van der Waals surface area (Å²) in [5, 5.41) is 27.6. The van der Waals surface area contributed by atoms with Crippen molar-refractivity contribution >= 4 is 28.6 Å². The molecule has 2 aromatic heterocycles. The number of furan rings is 1. The van der Waals surface area contributed by atoms with Crippen LogP contribution >= 0.6 is 0 Å². The molecule has 282 valence electrons. The number of anilines is 1. The molecule has 0 radical (unpaired) electrons. The van der Waals surface area contributed by atoms with Gasteiger partial charge in [-0.15, -0.1) is 0 Å². The maximum Gasteiger partial charge on any atom is 0.411 e. The number of ether oxygens (including phenoxy) is 1. The molecule has 0 saturated carbocycles. The van der Waals surface area contributed by atoms with E-state index in [-0.39, 0.29) is 35.4 Å². The number of hydrogen-bond donors (Lipinski definition) is 5. The highest BCUT2D eigenvalue weighted by atomic mass is 16.6. The molecule has 0 bridgehead atoms. The molecule has 5 aromatic rings. The smallest absolute Gasteiger partial charge is 0.411 e. The molecule has 2 fully saturated rings. The number of hydrogen-bond acceptors (Lipinski definition) is 9.